The van der Waals surface area contributed by atoms with Crippen molar-refractivity contribution in [3.05, 3.63) is 73.5 Å². The fraction of sp³-hybridized carbons (Fsp3) is 0. The second kappa shape index (κ2) is 7.41. The largest absolute Gasteiger partial charge is 0.508 e. The van der Waals surface area contributed by atoms with Gasteiger partial charge in [-0.15, -0.1) is 0 Å². The van der Waals surface area contributed by atoms with Crippen molar-refractivity contribution in [1.82, 2.24) is 0 Å². The lowest BCUT2D eigenvalue weighted by atomic mass is 10.3. The van der Waals surface area contributed by atoms with Gasteiger partial charge in [0, 0.05) is 0 Å². The van der Waals surface area contributed by atoms with Gasteiger partial charge in [-0.1, -0.05) is 43.0 Å². The first kappa shape index (κ1) is 15.0. The number of hydrogen-bond acceptors (Lipinski definition) is 3. The Labute approximate surface area is 112 Å². The lowest BCUT2D eigenvalue weighted by molar-refractivity contribution is 0.362. The van der Waals surface area contributed by atoms with E-state index in [1.165, 1.54) is 12.1 Å². The molecule has 19 heavy (non-hydrogen) atoms. The highest BCUT2D eigenvalue weighted by molar-refractivity contribution is 7.61. The van der Waals surface area contributed by atoms with Crippen LogP contribution < -0.4 is 5.30 Å². The van der Waals surface area contributed by atoms with Crippen molar-refractivity contribution in [3.8, 4) is 5.75 Å². The molecule has 2 N–H and O–H groups in total. The van der Waals surface area contributed by atoms with Gasteiger partial charge in [0.1, 0.15) is 5.75 Å². The van der Waals surface area contributed by atoms with E-state index < -0.39 is 7.60 Å². The number of aromatic hydroxyl groups is 1. The van der Waals surface area contributed by atoms with Crippen LogP contribution in [0.3, 0.4) is 0 Å². The Balaban J connectivity index is 0.000000218. The van der Waals surface area contributed by atoms with Gasteiger partial charge in [-0.2, -0.15) is 0 Å². The highest BCUT2D eigenvalue weighted by Gasteiger charge is 2.20. The molecule has 100 valence electrons. The molecule has 0 aliphatic carbocycles. The molecule has 0 amide bonds. The zero-order chi connectivity index (χ0) is 14.1. The van der Waals surface area contributed by atoms with Crippen molar-refractivity contribution in [1.29, 1.82) is 0 Å². The van der Waals surface area contributed by atoms with Gasteiger partial charge in [0.15, 0.2) is 0 Å². The maximum absolute atomic E-state index is 11.3. The Kier molecular flexibility index (Phi) is 5.86. The van der Waals surface area contributed by atoms with E-state index in [4.69, 9.17) is 5.11 Å². The maximum Gasteiger partial charge on any atom is 0.407 e. The number of phenols is 1. The van der Waals surface area contributed by atoms with Gasteiger partial charge in [0.2, 0.25) is 0 Å². The lowest BCUT2D eigenvalue weighted by Crippen LogP contribution is -2.03. The van der Waals surface area contributed by atoms with Crippen molar-refractivity contribution >= 4 is 12.9 Å². The zero-order valence-electron chi connectivity index (χ0n) is 10.2. The van der Waals surface area contributed by atoms with Crippen LogP contribution in [0, 0.1) is 0 Å². The van der Waals surface area contributed by atoms with Crippen LogP contribution >= 0.6 is 7.60 Å². The molecule has 0 aliphatic rings. The molecule has 0 saturated heterocycles. The minimum absolute atomic E-state index is 0.268. The maximum atomic E-state index is 11.3. The van der Waals surface area contributed by atoms with Crippen molar-refractivity contribution < 1.29 is 19.1 Å². The van der Waals surface area contributed by atoms with Crippen LogP contribution in [0.25, 0.3) is 0 Å². The summed E-state index contributed by atoms with van der Waals surface area (Å²) in [5.41, 5.74) is 0. The van der Waals surface area contributed by atoms with E-state index >= 15 is 0 Å². The van der Waals surface area contributed by atoms with Gasteiger partial charge in [-0.25, -0.2) is 4.57 Å². The number of phenolic OH excluding ortho intramolecular Hbond substituents is 1. The number of hydrogen-bond donors (Lipinski definition) is 2. The minimum atomic E-state index is -3.66. The highest BCUT2D eigenvalue weighted by Crippen LogP contribution is 2.40. The third-order valence-corrected chi connectivity index (χ3v) is 3.44. The van der Waals surface area contributed by atoms with E-state index in [0.717, 1.165) is 6.26 Å². The molecule has 1 atom stereocenters. The summed E-state index contributed by atoms with van der Waals surface area (Å²) in [6.45, 7) is 3.22. The quantitative estimate of drug-likeness (QED) is 0.669. The molecule has 4 nitrogen and oxygen atoms in total. The van der Waals surface area contributed by atoms with Crippen LogP contribution in [0.15, 0.2) is 73.5 Å². The van der Waals surface area contributed by atoms with Gasteiger partial charge in [0.05, 0.1) is 11.6 Å². The summed E-state index contributed by atoms with van der Waals surface area (Å²) in [5.74, 6) is 0.322. The van der Waals surface area contributed by atoms with Gasteiger partial charge >= 0.3 is 7.60 Å². The smallest absolute Gasteiger partial charge is 0.407 e. The third-order valence-electron chi connectivity index (χ3n) is 2.06. The Morgan fingerprint density at radius 3 is 1.84 bits per heavy atom. The summed E-state index contributed by atoms with van der Waals surface area (Å²) in [5, 5.41) is 8.90. The molecule has 0 saturated carbocycles. The van der Waals surface area contributed by atoms with E-state index in [1.54, 1.807) is 42.5 Å². The average Bonchev–Trinajstić information content (AvgIpc) is 2.41. The summed E-state index contributed by atoms with van der Waals surface area (Å²) < 4.78 is 15.8. The van der Waals surface area contributed by atoms with E-state index in [2.05, 4.69) is 11.1 Å². The summed E-state index contributed by atoms with van der Waals surface area (Å²) >= 11 is 0. The Morgan fingerprint density at radius 2 is 1.47 bits per heavy atom. The van der Waals surface area contributed by atoms with Crippen LogP contribution in [0.4, 0.5) is 0 Å². The zero-order valence-corrected chi connectivity index (χ0v) is 11.1. The second-order valence-electron chi connectivity index (χ2n) is 3.46. The van der Waals surface area contributed by atoms with Gasteiger partial charge in [0.25, 0.3) is 0 Å². The number of rotatable bonds is 3. The van der Waals surface area contributed by atoms with Crippen molar-refractivity contribution in [2.45, 2.75) is 0 Å². The van der Waals surface area contributed by atoms with Crippen LogP contribution in [0.5, 0.6) is 5.75 Å². The van der Waals surface area contributed by atoms with Gasteiger partial charge in [-0.05, 0) is 24.3 Å². The predicted molar refractivity (Wildman–Crippen MR) is 75.3 cm³/mol. The molecule has 0 fully saturated rings. The fourth-order valence-electron chi connectivity index (χ4n) is 1.21. The normalized spacial score (nSPS) is 12.5. The molecule has 0 radical (unpaired) electrons. The SMILES string of the molecule is C=COP(=O)(O)c1ccccc1.Oc1ccccc1. The molecule has 2 rings (SSSR count). The van der Waals surface area contributed by atoms with Crippen molar-refractivity contribution in [2.24, 2.45) is 0 Å². The Morgan fingerprint density at radius 1 is 1.00 bits per heavy atom. The number of benzene rings is 2. The number of para-hydroxylation sites is 1. The monoisotopic (exact) mass is 278 g/mol. The molecule has 1 unspecified atom stereocenters. The lowest BCUT2D eigenvalue weighted by Gasteiger charge is -2.08. The molecular weight excluding hydrogens is 263 g/mol. The first-order valence-electron chi connectivity index (χ1n) is 5.48. The van der Waals surface area contributed by atoms with E-state index in [9.17, 15) is 9.46 Å². The third kappa shape index (κ3) is 5.42. The Bertz CT molecular complexity index is 540. The van der Waals surface area contributed by atoms with Gasteiger partial charge < -0.3 is 14.5 Å². The van der Waals surface area contributed by atoms with Crippen LogP contribution in [0.1, 0.15) is 0 Å². The van der Waals surface area contributed by atoms with Crippen LogP contribution in [-0.2, 0) is 9.09 Å². The second-order valence-corrected chi connectivity index (χ2v) is 5.23. The molecule has 2 aromatic rings. The topological polar surface area (TPSA) is 66.8 Å². The molecule has 5 heteroatoms. The summed E-state index contributed by atoms with van der Waals surface area (Å²) in [7, 11) is -3.66. The molecule has 0 heterocycles. The molecule has 2 aromatic carbocycles. The molecule has 0 aromatic heterocycles. The van der Waals surface area contributed by atoms with Crippen LogP contribution in [0.2, 0.25) is 0 Å². The predicted octanol–water partition coefficient (Wildman–Crippen LogP) is 3.05. The van der Waals surface area contributed by atoms with Gasteiger partial charge in [-0.3, -0.25) is 0 Å². The average molecular weight is 278 g/mol. The fourth-order valence-corrected chi connectivity index (χ4v) is 2.08. The summed E-state index contributed by atoms with van der Waals surface area (Å²) in [4.78, 5) is 9.25. The first-order chi connectivity index (χ1) is 9.06. The Hall–Kier alpha value is -2.03. The first-order valence-corrected chi connectivity index (χ1v) is 7.06. The van der Waals surface area contributed by atoms with E-state index in [0.29, 0.717) is 5.75 Å². The van der Waals surface area contributed by atoms with E-state index in [1.807, 2.05) is 6.07 Å². The summed E-state index contributed by atoms with van der Waals surface area (Å²) in [6, 6.07) is 16.9. The highest BCUT2D eigenvalue weighted by atomic mass is 31.2. The molecule has 0 spiro atoms. The van der Waals surface area contributed by atoms with E-state index in [-0.39, 0.29) is 5.30 Å². The molecule has 0 aliphatic heterocycles. The summed E-state index contributed by atoms with van der Waals surface area (Å²) in [6.07, 6.45) is 0.966. The minimum Gasteiger partial charge on any atom is -0.508 e. The standard InChI is InChI=1S/C8H9O3P.C6H6O/c1-2-11-12(9,10)8-6-4-3-5-7-8;7-6-4-2-1-3-5-6/h2-7H,1H2,(H,9,10);1-5,7H. The van der Waals surface area contributed by atoms with Crippen molar-refractivity contribution in [2.75, 3.05) is 0 Å². The van der Waals surface area contributed by atoms with Crippen LogP contribution in [-0.4, -0.2) is 10.00 Å². The van der Waals surface area contributed by atoms with Crippen molar-refractivity contribution in [3.63, 3.8) is 0 Å². The molecule has 0 bridgehead atoms. The molecular formula is C14H15O4P.